The normalized spacial score (nSPS) is 29.3. The molecule has 0 aromatic heterocycles. The number of nitrogens with one attached hydrogen (secondary N) is 1. The van der Waals surface area contributed by atoms with E-state index in [-0.39, 0.29) is 12.6 Å². The number of hydrogen-bond acceptors (Lipinski definition) is 4. The fourth-order valence-electron chi connectivity index (χ4n) is 5.84. The molecule has 2 saturated carbocycles. The Morgan fingerprint density at radius 3 is 2.71 bits per heavy atom. The van der Waals surface area contributed by atoms with Gasteiger partial charge in [0, 0.05) is 5.69 Å². The molecule has 28 heavy (non-hydrogen) atoms. The molecule has 5 nitrogen and oxygen atoms in total. The summed E-state index contributed by atoms with van der Waals surface area (Å²) in [5.41, 5.74) is 3.84. The summed E-state index contributed by atoms with van der Waals surface area (Å²) in [4.78, 5) is 11.5. The van der Waals surface area contributed by atoms with Crippen LogP contribution in [0.1, 0.15) is 52.7 Å². The van der Waals surface area contributed by atoms with Crippen molar-refractivity contribution >= 4 is 11.7 Å². The second kappa shape index (κ2) is 6.56. The Kier molecular flexibility index (Phi) is 4.01. The standard InChI is InChI=1S/C23H22N2O3/c24-9-10-28-17-6-3-13(4-7-17)22-21-15-2-1-14(11-15)20(21)18-12-16(23(26)27)5-8-19(18)25-22/h3-8,12,14-15,20-22,25H,1-2,10-11H2,(H,26,27)/t14-,15-,20-,21+,22-/m0/s1. The van der Waals surface area contributed by atoms with Crippen LogP contribution in [0.3, 0.4) is 0 Å². The van der Waals surface area contributed by atoms with Crippen LogP contribution >= 0.6 is 0 Å². The molecular formula is C23H22N2O3. The number of rotatable bonds is 4. The maximum Gasteiger partial charge on any atom is 0.335 e. The number of carbonyl (C=O) groups is 1. The molecule has 1 aliphatic heterocycles. The van der Waals surface area contributed by atoms with Crippen molar-refractivity contribution in [3.8, 4) is 11.8 Å². The molecule has 0 amide bonds. The number of fused-ring (bicyclic) bond motifs is 7. The van der Waals surface area contributed by atoms with Gasteiger partial charge in [-0.2, -0.15) is 5.26 Å². The summed E-state index contributed by atoms with van der Waals surface area (Å²) >= 11 is 0. The molecule has 5 rings (SSSR count). The number of nitriles is 1. The third-order valence-corrected chi connectivity index (χ3v) is 6.88. The van der Waals surface area contributed by atoms with Gasteiger partial charge in [0.25, 0.3) is 0 Å². The Labute approximate surface area is 163 Å². The van der Waals surface area contributed by atoms with Gasteiger partial charge in [-0.3, -0.25) is 0 Å². The molecule has 5 atom stereocenters. The molecule has 0 unspecified atom stereocenters. The third kappa shape index (κ3) is 2.63. The molecule has 2 bridgehead atoms. The molecular weight excluding hydrogens is 352 g/mol. The van der Waals surface area contributed by atoms with Crippen molar-refractivity contribution in [1.82, 2.24) is 0 Å². The Hall–Kier alpha value is -3.00. The van der Waals surface area contributed by atoms with Crippen LogP contribution in [0.15, 0.2) is 42.5 Å². The Morgan fingerprint density at radius 1 is 1.18 bits per heavy atom. The second-order valence-electron chi connectivity index (χ2n) is 8.18. The van der Waals surface area contributed by atoms with Gasteiger partial charge in [0.05, 0.1) is 11.6 Å². The van der Waals surface area contributed by atoms with Crippen LogP contribution in [0.4, 0.5) is 5.69 Å². The van der Waals surface area contributed by atoms with E-state index in [0.717, 1.165) is 5.69 Å². The molecule has 5 heteroatoms. The molecule has 0 radical (unpaired) electrons. The number of carboxylic acids is 1. The van der Waals surface area contributed by atoms with Crippen LogP contribution in [-0.2, 0) is 0 Å². The smallest absolute Gasteiger partial charge is 0.335 e. The van der Waals surface area contributed by atoms with Gasteiger partial charge in [-0.25, -0.2) is 4.79 Å². The summed E-state index contributed by atoms with van der Waals surface area (Å²) < 4.78 is 5.39. The van der Waals surface area contributed by atoms with Gasteiger partial charge in [-0.1, -0.05) is 12.1 Å². The highest BCUT2D eigenvalue weighted by Gasteiger charge is 2.53. The first-order chi connectivity index (χ1) is 13.7. The molecule has 0 spiro atoms. The van der Waals surface area contributed by atoms with Gasteiger partial charge in [0.1, 0.15) is 11.8 Å². The lowest BCUT2D eigenvalue weighted by Crippen LogP contribution is -2.35. The summed E-state index contributed by atoms with van der Waals surface area (Å²) in [6, 6.07) is 15.7. The molecule has 2 aromatic carbocycles. The SMILES string of the molecule is N#CCOc1ccc([C@@H]2Nc3ccc(C(=O)O)cc3[C@@H]3[C@H]4CC[C@@H](C4)[C@H]32)cc1. The lowest BCUT2D eigenvalue weighted by molar-refractivity contribution is 0.0696. The molecule has 3 aliphatic rings. The molecule has 142 valence electrons. The van der Waals surface area contributed by atoms with E-state index in [0.29, 0.717) is 35.0 Å². The zero-order chi connectivity index (χ0) is 19.3. The van der Waals surface area contributed by atoms with Crippen molar-refractivity contribution in [3.63, 3.8) is 0 Å². The Bertz CT molecular complexity index is 963. The summed E-state index contributed by atoms with van der Waals surface area (Å²) in [7, 11) is 0. The summed E-state index contributed by atoms with van der Waals surface area (Å²) in [6.45, 7) is 0.0504. The Morgan fingerprint density at radius 2 is 1.96 bits per heavy atom. The average molecular weight is 374 g/mol. The molecule has 1 heterocycles. The highest BCUT2D eigenvalue weighted by atomic mass is 16.5. The number of anilines is 1. The van der Waals surface area contributed by atoms with Gasteiger partial charge < -0.3 is 15.2 Å². The molecule has 2 N–H and O–H groups in total. The summed E-state index contributed by atoms with van der Waals surface area (Å²) in [6.07, 6.45) is 3.76. The second-order valence-corrected chi connectivity index (χ2v) is 8.18. The lowest BCUT2D eigenvalue weighted by Gasteiger charge is -2.43. The minimum atomic E-state index is -0.863. The minimum absolute atomic E-state index is 0.0504. The van der Waals surface area contributed by atoms with Crippen molar-refractivity contribution in [2.24, 2.45) is 17.8 Å². The largest absolute Gasteiger partial charge is 0.479 e. The van der Waals surface area contributed by atoms with Crippen molar-refractivity contribution in [2.75, 3.05) is 11.9 Å². The van der Waals surface area contributed by atoms with E-state index in [9.17, 15) is 9.90 Å². The number of nitrogens with zero attached hydrogens (tertiary/aromatic N) is 1. The monoisotopic (exact) mass is 374 g/mol. The van der Waals surface area contributed by atoms with Gasteiger partial charge in [-0.15, -0.1) is 0 Å². The quantitative estimate of drug-likeness (QED) is 0.818. The predicted octanol–water partition coefficient (Wildman–Crippen LogP) is 4.58. The fourth-order valence-corrected chi connectivity index (χ4v) is 5.84. The van der Waals surface area contributed by atoms with Crippen LogP contribution in [0.2, 0.25) is 0 Å². The number of benzene rings is 2. The lowest BCUT2D eigenvalue weighted by atomic mass is 9.68. The van der Waals surface area contributed by atoms with E-state index in [2.05, 4.69) is 17.4 Å². The van der Waals surface area contributed by atoms with Gasteiger partial charge in [0.15, 0.2) is 6.61 Å². The number of hydrogen-bond donors (Lipinski definition) is 2. The predicted molar refractivity (Wildman–Crippen MR) is 104 cm³/mol. The zero-order valence-electron chi connectivity index (χ0n) is 15.5. The molecule has 2 aliphatic carbocycles. The maximum atomic E-state index is 11.5. The first-order valence-electron chi connectivity index (χ1n) is 9.89. The maximum absolute atomic E-state index is 11.5. The van der Waals surface area contributed by atoms with Crippen molar-refractivity contribution in [1.29, 1.82) is 5.26 Å². The van der Waals surface area contributed by atoms with E-state index in [1.807, 2.05) is 30.3 Å². The summed E-state index contributed by atoms with van der Waals surface area (Å²) in [5.74, 6) is 2.09. The van der Waals surface area contributed by atoms with Crippen LogP contribution in [0, 0.1) is 29.1 Å². The van der Waals surface area contributed by atoms with Gasteiger partial charge >= 0.3 is 5.97 Å². The summed E-state index contributed by atoms with van der Waals surface area (Å²) in [5, 5.41) is 21.8. The molecule has 0 saturated heterocycles. The highest BCUT2D eigenvalue weighted by molar-refractivity contribution is 5.88. The van der Waals surface area contributed by atoms with Crippen LogP contribution in [-0.4, -0.2) is 17.7 Å². The van der Waals surface area contributed by atoms with Crippen LogP contribution in [0.5, 0.6) is 5.75 Å². The van der Waals surface area contributed by atoms with E-state index in [4.69, 9.17) is 10.00 Å². The van der Waals surface area contributed by atoms with E-state index < -0.39 is 5.97 Å². The first kappa shape index (κ1) is 17.1. The van der Waals surface area contributed by atoms with Crippen molar-refractivity contribution in [2.45, 2.75) is 31.2 Å². The number of ether oxygens (including phenoxy) is 1. The van der Waals surface area contributed by atoms with Gasteiger partial charge in [-0.05, 0) is 84.4 Å². The van der Waals surface area contributed by atoms with E-state index in [1.54, 1.807) is 6.07 Å². The number of carboxylic acid groups (broad SMARTS) is 1. The van der Waals surface area contributed by atoms with Crippen molar-refractivity contribution in [3.05, 3.63) is 59.2 Å². The third-order valence-electron chi connectivity index (χ3n) is 6.88. The van der Waals surface area contributed by atoms with E-state index >= 15 is 0 Å². The molecule has 2 fully saturated rings. The highest BCUT2D eigenvalue weighted by Crippen LogP contribution is 2.63. The first-order valence-corrected chi connectivity index (χ1v) is 9.89. The average Bonchev–Trinajstić information content (AvgIpc) is 3.34. The van der Waals surface area contributed by atoms with E-state index in [1.165, 1.54) is 30.4 Å². The number of aromatic carboxylic acids is 1. The zero-order valence-corrected chi connectivity index (χ0v) is 15.5. The minimum Gasteiger partial charge on any atom is -0.479 e. The Balaban J connectivity index is 1.52. The topological polar surface area (TPSA) is 82.3 Å². The molecule has 2 aromatic rings. The fraction of sp³-hybridized carbons (Fsp3) is 0.391. The van der Waals surface area contributed by atoms with Crippen molar-refractivity contribution < 1.29 is 14.6 Å². The van der Waals surface area contributed by atoms with Crippen LogP contribution < -0.4 is 10.1 Å². The van der Waals surface area contributed by atoms with Gasteiger partial charge in [0.2, 0.25) is 0 Å². The van der Waals surface area contributed by atoms with Crippen LogP contribution in [0.25, 0.3) is 0 Å².